The first-order chi connectivity index (χ1) is 16.1. The van der Waals surface area contributed by atoms with Crippen molar-refractivity contribution in [1.29, 1.82) is 0 Å². The Labute approximate surface area is 193 Å². The van der Waals surface area contributed by atoms with Crippen molar-refractivity contribution in [2.45, 2.75) is 19.0 Å². The van der Waals surface area contributed by atoms with Gasteiger partial charge in [0.2, 0.25) is 5.88 Å². The third kappa shape index (κ3) is 5.91. The Kier molecular flexibility index (Phi) is 7.24. The van der Waals surface area contributed by atoms with Crippen LogP contribution in [0.3, 0.4) is 0 Å². The summed E-state index contributed by atoms with van der Waals surface area (Å²) in [6, 6.07) is 18.0. The Hall–Kier alpha value is -3.81. The number of anilines is 1. The highest BCUT2D eigenvalue weighted by Crippen LogP contribution is 2.30. The van der Waals surface area contributed by atoms with Gasteiger partial charge in [-0.2, -0.15) is 0 Å². The number of methoxy groups -OCH3 is 1. The quantitative estimate of drug-likeness (QED) is 0.420. The number of halogens is 1. The first-order valence-corrected chi connectivity index (χ1v) is 10.9. The van der Waals surface area contributed by atoms with Crippen molar-refractivity contribution >= 4 is 11.6 Å². The van der Waals surface area contributed by atoms with Gasteiger partial charge in [0.05, 0.1) is 12.8 Å². The average Bonchev–Trinajstić information content (AvgIpc) is 3.32. The number of hydrogen-bond donors (Lipinski definition) is 2. The minimum atomic E-state index is -0.305. The predicted octanol–water partition coefficient (Wildman–Crippen LogP) is 3.97. The molecule has 0 radical (unpaired) electrons. The van der Waals surface area contributed by atoms with E-state index in [1.165, 1.54) is 12.1 Å². The van der Waals surface area contributed by atoms with Gasteiger partial charge in [0.15, 0.2) is 5.96 Å². The van der Waals surface area contributed by atoms with Crippen LogP contribution in [0.25, 0.3) is 0 Å². The smallest absolute Gasteiger partial charge is 0.219 e. The van der Waals surface area contributed by atoms with Crippen molar-refractivity contribution in [1.82, 2.24) is 15.6 Å². The second-order valence-electron chi connectivity index (χ2n) is 7.73. The van der Waals surface area contributed by atoms with E-state index >= 15 is 0 Å². The number of nitrogens with one attached hydrogen (secondary N) is 2. The molecule has 4 rings (SSSR count). The summed E-state index contributed by atoms with van der Waals surface area (Å²) in [4.78, 5) is 10.9. The molecule has 2 heterocycles. The third-order valence-electron chi connectivity index (χ3n) is 5.47. The largest absolute Gasteiger partial charge is 0.495 e. The summed E-state index contributed by atoms with van der Waals surface area (Å²) in [5, 5.41) is 6.86. The van der Waals surface area contributed by atoms with Gasteiger partial charge >= 0.3 is 0 Å². The summed E-state index contributed by atoms with van der Waals surface area (Å²) in [5.74, 6) is 2.30. The summed E-state index contributed by atoms with van der Waals surface area (Å²) in [5.41, 5.74) is 2.10. The van der Waals surface area contributed by atoms with Crippen LogP contribution in [-0.4, -0.2) is 44.2 Å². The molecule has 172 valence electrons. The topological polar surface area (TPSA) is 71.0 Å². The maximum atomic E-state index is 13.1. The minimum Gasteiger partial charge on any atom is -0.495 e. The van der Waals surface area contributed by atoms with E-state index in [4.69, 9.17) is 9.47 Å². The number of pyridine rings is 1. The van der Waals surface area contributed by atoms with Crippen LogP contribution in [0.1, 0.15) is 12.0 Å². The molecule has 1 unspecified atom stereocenters. The zero-order chi connectivity index (χ0) is 23.0. The van der Waals surface area contributed by atoms with Crippen molar-refractivity contribution < 1.29 is 13.9 Å². The van der Waals surface area contributed by atoms with Gasteiger partial charge in [-0.3, -0.25) is 4.99 Å². The molecular formula is C25H28FN5O2. The molecule has 1 aromatic heterocycles. The Morgan fingerprint density at radius 2 is 2.00 bits per heavy atom. The molecule has 8 heteroatoms. The zero-order valence-electron chi connectivity index (χ0n) is 18.8. The van der Waals surface area contributed by atoms with E-state index in [1.807, 2.05) is 30.3 Å². The van der Waals surface area contributed by atoms with Crippen LogP contribution in [0.2, 0.25) is 0 Å². The van der Waals surface area contributed by atoms with Crippen LogP contribution in [-0.2, 0) is 6.54 Å². The number of nitrogens with zero attached hydrogens (tertiary/aromatic N) is 3. The van der Waals surface area contributed by atoms with Gasteiger partial charge in [0.1, 0.15) is 17.3 Å². The number of rotatable bonds is 7. The highest BCUT2D eigenvalue weighted by atomic mass is 19.1. The van der Waals surface area contributed by atoms with Gasteiger partial charge in [-0.25, -0.2) is 9.37 Å². The molecule has 2 aromatic carbocycles. The van der Waals surface area contributed by atoms with Crippen molar-refractivity contribution in [3.63, 3.8) is 0 Å². The molecular weight excluding hydrogens is 421 g/mol. The Bertz CT molecular complexity index is 1090. The fourth-order valence-electron chi connectivity index (χ4n) is 3.80. The predicted molar refractivity (Wildman–Crippen MR) is 128 cm³/mol. The average molecular weight is 450 g/mol. The Morgan fingerprint density at radius 3 is 2.79 bits per heavy atom. The van der Waals surface area contributed by atoms with Crippen molar-refractivity contribution in [2.75, 3.05) is 32.1 Å². The second kappa shape index (κ2) is 10.7. The molecule has 3 aromatic rings. The van der Waals surface area contributed by atoms with Crippen LogP contribution >= 0.6 is 0 Å². The summed E-state index contributed by atoms with van der Waals surface area (Å²) in [6.07, 6.45) is 2.69. The van der Waals surface area contributed by atoms with E-state index in [0.717, 1.165) is 42.5 Å². The molecule has 0 bridgehead atoms. The van der Waals surface area contributed by atoms with E-state index in [9.17, 15) is 4.39 Å². The molecule has 1 aliphatic rings. The summed E-state index contributed by atoms with van der Waals surface area (Å²) in [6.45, 7) is 2.38. The van der Waals surface area contributed by atoms with E-state index in [0.29, 0.717) is 18.2 Å². The normalized spacial score (nSPS) is 15.9. The minimum absolute atomic E-state index is 0.274. The molecule has 0 saturated carbocycles. The molecule has 0 spiro atoms. The number of aliphatic imine (C=N–C) groups is 1. The standard InChI is InChI=1S/C25H28FN5O2/c1-27-25(30-20-12-14-31(17-20)22-5-3-4-6-23(22)32-2)29-16-18-11-13-28-24(15-18)33-21-9-7-19(26)8-10-21/h3-11,13,15,20H,12,14,16-17H2,1-2H3,(H2,27,29,30). The fraction of sp³-hybridized carbons (Fsp3) is 0.280. The number of hydrogen-bond acceptors (Lipinski definition) is 5. The molecule has 7 nitrogen and oxygen atoms in total. The highest BCUT2D eigenvalue weighted by molar-refractivity contribution is 5.80. The van der Waals surface area contributed by atoms with Crippen LogP contribution < -0.4 is 25.0 Å². The van der Waals surface area contributed by atoms with E-state index in [2.05, 4.69) is 31.6 Å². The summed E-state index contributed by atoms with van der Waals surface area (Å²) >= 11 is 0. The van der Waals surface area contributed by atoms with Gasteiger partial charge < -0.3 is 25.0 Å². The van der Waals surface area contributed by atoms with Crippen molar-refractivity contribution in [3.05, 3.63) is 78.2 Å². The second-order valence-corrected chi connectivity index (χ2v) is 7.73. The van der Waals surface area contributed by atoms with Crippen LogP contribution in [0, 0.1) is 5.82 Å². The third-order valence-corrected chi connectivity index (χ3v) is 5.47. The summed E-state index contributed by atoms with van der Waals surface area (Å²) in [7, 11) is 3.46. The molecule has 1 atom stereocenters. The lowest BCUT2D eigenvalue weighted by atomic mass is 10.2. The molecule has 33 heavy (non-hydrogen) atoms. The number of ether oxygens (including phenoxy) is 2. The molecule has 2 N–H and O–H groups in total. The lowest BCUT2D eigenvalue weighted by molar-refractivity contribution is 0.415. The van der Waals surface area contributed by atoms with E-state index in [-0.39, 0.29) is 11.9 Å². The number of benzene rings is 2. The molecule has 1 aliphatic heterocycles. The highest BCUT2D eigenvalue weighted by Gasteiger charge is 2.25. The van der Waals surface area contributed by atoms with Gasteiger partial charge in [-0.15, -0.1) is 0 Å². The maximum Gasteiger partial charge on any atom is 0.219 e. The summed E-state index contributed by atoms with van der Waals surface area (Å²) < 4.78 is 24.3. The van der Waals surface area contributed by atoms with E-state index < -0.39 is 0 Å². The molecule has 1 saturated heterocycles. The zero-order valence-corrected chi connectivity index (χ0v) is 18.8. The Morgan fingerprint density at radius 1 is 1.18 bits per heavy atom. The fourth-order valence-corrected chi connectivity index (χ4v) is 3.80. The number of guanidine groups is 1. The van der Waals surface area contributed by atoms with Gasteiger partial charge in [-0.05, 0) is 54.4 Å². The van der Waals surface area contributed by atoms with Crippen LogP contribution in [0.15, 0.2) is 71.9 Å². The maximum absolute atomic E-state index is 13.1. The van der Waals surface area contributed by atoms with Crippen molar-refractivity contribution in [3.8, 4) is 17.4 Å². The van der Waals surface area contributed by atoms with Gasteiger partial charge in [0, 0.05) is 45.0 Å². The van der Waals surface area contributed by atoms with Crippen LogP contribution in [0.5, 0.6) is 17.4 Å². The SMILES string of the molecule is CN=C(NCc1ccnc(Oc2ccc(F)cc2)c1)NC1CCN(c2ccccc2OC)C1. The van der Waals surface area contributed by atoms with Gasteiger partial charge in [0.25, 0.3) is 0 Å². The monoisotopic (exact) mass is 449 g/mol. The van der Waals surface area contributed by atoms with E-state index in [1.54, 1.807) is 32.5 Å². The number of aromatic nitrogens is 1. The van der Waals surface area contributed by atoms with Crippen LogP contribution in [0.4, 0.5) is 10.1 Å². The lowest BCUT2D eigenvalue weighted by Crippen LogP contribution is -2.44. The first kappa shape index (κ1) is 22.4. The first-order valence-electron chi connectivity index (χ1n) is 10.9. The lowest BCUT2D eigenvalue weighted by Gasteiger charge is -2.22. The Balaban J connectivity index is 1.31. The molecule has 0 aliphatic carbocycles. The van der Waals surface area contributed by atoms with Gasteiger partial charge in [-0.1, -0.05) is 12.1 Å². The number of para-hydroxylation sites is 2. The van der Waals surface area contributed by atoms with Crippen molar-refractivity contribution in [2.24, 2.45) is 4.99 Å². The molecule has 0 amide bonds. The molecule has 1 fully saturated rings.